The number of pyridine rings is 1. The van der Waals surface area contributed by atoms with Gasteiger partial charge in [0.25, 0.3) is 0 Å². The molecule has 2 aromatic heterocycles. The molecule has 4 nitrogen and oxygen atoms in total. The molecule has 0 unspecified atom stereocenters. The van der Waals surface area contributed by atoms with Crippen LogP contribution in [0.3, 0.4) is 0 Å². The molecule has 0 aliphatic heterocycles. The summed E-state index contributed by atoms with van der Waals surface area (Å²) < 4.78 is 0. The van der Waals surface area contributed by atoms with Gasteiger partial charge in [-0.3, -0.25) is 4.98 Å². The molecule has 0 amide bonds. The van der Waals surface area contributed by atoms with Crippen LogP contribution >= 0.6 is 0 Å². The third-order valence-electron chi connectivity index (χ3n) is 11.7. The maximum absolute atomic E-state index is 5.36. The molecule has 2 heterocycles. The largest absolute Gasteiger partial charge is 0.256 e. The average Bonchev–Trinajstić information content (AvgIpc) is 3.39. The Morgan fingerprint density at radius 1 is 0.203 bits per heavy atom. The smallest absolute Gasteiger partial charge is 0.164 e. The molecule has 11 rings (SSSR count). The first-order valence-corrected chi connectivity index (χ1v) is 21.5. The van der Waals surface area contributed by atoms with E-state index in [2.05, 4.69) is 206 Å². The Morgan fingerprint density at radius 2 is 0.516 bits per heavy atom. The van der Waals surface area contributed by atoms with E-state index in [1.54, 1.807) is 0 Å². The summed E-state index contributed by atoms with van der Waals surface area (Å²) in [6, 6.07) is 82.9. The summed E-state index contributed by atoms with van der Waals surface area (Å²) in [6.45, 7) is 0. The van der Waals surface area contributed by atoms with E-state index in [0.717, 1.165) is 94.4 Å². The van der Waals surface area contributed by atoms with Gasteiger partial charge in [-0.1, -0.05) is 182 Å². The summed E-state index contributed by atoms with van der Waals surface area (Å²) in [7, 11) is 0. The van der Waals surface area contributed by atoms with E-state index in [9.17, 15) is 0 Å². The van der Waals surface area contributed by atoms with Crippen molar-refractivity contribution in [3.05, 3.63) is 243 Å². The van der Waals surface area contributed by atoms with Crippen LogP contribution in [0.25, 0.3) is 112 Å². The van der Waals surface area contributed by atoms with Crippen LogP contribution in [0.15, 0.2) is 243 Å². The van der Waals surface area contributed by atoms with Crippen molar-refractivity contribution in [2.24, 2.45) is 0 Å². The highest BCUT2D eigenvalue weighted by Gasteiger charge is 2.17. The first-order valence-electron chi connectivity index (χ1n) is 21.5. The average molecular weight is 817 g/mol. The molecule has 4 heteroatoms. The molecule has 0 fully saturated rings. The Kier molecular flexibility index (Phi) is 10.2. The van der Waals surface area contributed by atoms with Gasteiger partial charge >= 0.3 is 0 Å². The number of nitrogens with zero attached hydrogens (tertiary/aromatic N) is 4. The number of aromatic nitrogens is 4. The lowest BCUT2D eigenvalue weighted by Gasteiger charge is -2.14. The molecular weight excluding hydrogens is 777 g/mol. The minimum absolute atomic E-state index is 0.590. The molecule has 0 aliphatic carbocycles. The van der Waals surface area contributed by atoms with Crippen molar-refractivity contribution < 1.29 is 0 Å². The van der Waals surface area contributed by atoms with Crippen molar-refractivity contribution in [1.82, 2.24) is 19.9 Å². The monoisotopic (exact) mass is 816 g/mol. The molecule has 0 atom stereocenters. The number of hydrogen-bond acceptors (Lipinski definition) is 4. The highest BCUT2D eigenvalue weighted by molar-refractivity contribution is 5.87. The van der Waals surface area contributed by atoms with Crippen LogP contribution in [0.4, 0.5) is 0 Å². The van der Waals surface area contributed by atoms with Gasteiger partial charge in [0, 0.05) is 33.8 Å². The van der Waals surface area contributed by atoms with E-state index < -0.39 is 0 Å². The number of benzene rings is 9. The maximum atomic E-state index is 5.36. The quantitative estimate of drug-likeness (QED) is 0.146. The van der Waals surface area contributed by atoms with Crippen molar-refractivity contribution >= 4 is 10.8 Å². The van der Waals surface area contributed by atoms with Gasteiger partial charge in [-0.15, -0.1) is 0 Å². The minimum Gasteiger partial charge on any atom is -0.256 e. The SMILES string of the molecule is c1ccc(-c2cc(-c3ccccc3)cc(-c3nc(-c4cccc(-c5cccc(-c6cc7ccccc7cn6)c5)c4)nc(-c4cc(-c5ccccc5)cc(-c5ccccc5)c4)n3)c2)cc1. The van der Waals surface area contributed by atoms with Crippen LogP contribution in [-0.2, 0) is 0 Å². The van der Waals surface area contributed by atoms with Crippen molar-refractivity contribution in [2.75, 3.05) is 0 Å². The summed E-state index contributed by atoms with van der Waals surface area (Å²) in [5.41, 5.74) is 15.6. The lowest BCUT2D eigenvalue weighted by Crippen LogP contribution is -2.01. The third-order valence-corrected chi connectivity index (χ3v) is 11.7. The van der Waals surface area contributed by atoms with Crippen LogP contribution in [0.5, 0.6) is 0 Å². The van der Waals surface area contributed by atoms with Crippen LogP contribution in [0.1, 0.15) is 0 Å². The predicted molar refractivity (Wildman–Crippen MR) is 264 cm³/mol. The van der Waals surface area contributed by atoms with E-state index in [1.807, 2.05) is 36.5 Å². The Balaban J connectivity index is 1.09. The molecule has 0 saturated heterocycles. The zero-order chi connectivity index (χ0) is 42.7. The topological polar surface area (TPSA) is 51.6 Å². The van der Waals surface area contributed by atoms with Gasteiger partial charge in [-0.25, -0.2) is 15.0 Å². The summed E-state index contributed by atoms with van der Waals surface area (Å²) in [4.78, 5) is 20.8. The van der Waals surface area contributed by atoms with Gasteiger partial charge in [0.2, 0.25) is 0 Å². The maximum Gasteiger partial charge on any atom is 0.164 e. The fraction of sp³-hybridized carbons (Fsp3) is 0. The van der Waals surface area contributed by atoms with Gasteiger partial charge < -0.3 is 0 Å². The van der Waals surface area contributed by atoms with E-state index in [4.69, 9.17) is 19.9 Å². The number of hydrogen-bond donors (Lipinski definition) is 0. The Morgan fingerprint density at radius 3 is 0.969 bits per heavy atom. The van der Waals surface area contributed by atoms with Crippen molar-refractivity contribution in [3.63, 3.8) is 0 Å². The third kappa shape index (κ3) is 8.00. The molecule has 0 radical (unpaired) electrons. The van der Waals surface area contributed by atoms with E-state index in [0.29, 0.717) is 17.5 Å². The highest BCUT2D eigenvalue weighted by Crippen LogP contribution is 2.37. The molecular formula is C60H40N4. The number of rotatable bonds is 9. The van der Waals surface area contributed by atoms with Gasteiger partial charge in [-0.2, -0.15) is 0 Å². The van der Waals surface area contributed by atoms with E-state index in [-0.39, 0.29) is 0 Å². The lowest BCUT2D eigenvalue weighted by molar-refractivity contribution is 1.07. The zero-order valence-electron chi connectivity index (χ0n) is 34.9. The van der Waals surface area contributed by atoms with Gasteiger partial charge in [0.05, 0.1) is 5.69 Å². The number of fused-ring (bicyclic) bond motifs is 1. The van der Waals surface area contributed by atoms with Gasteiger partial charge in [0.15, 0.2) is 17.5 Å². The second-order valence-electron chi connectivity index (χ2n) is 15.9. The Hall–Kier alpha value is -8.60. The predicted octanol–water partition coefficient (Wildman–Crippen LogP) is 15.4. The summed E-state index contributed by atoms with van der Waals surface area (Å²) in [5, 5.41) is 2.29. The van der Waals surface area contributed by atoms with Crippen molar-refractivity contribution in [3.8, 4) is 101 Å². The van der Waals surface area contributed by atoms with Gasteiger partial charge in [0.1, 0.15) is 0 Å². The van der Waals surface area contributed by atoms with Crippen molar-refractivity contribution in [1.29, 1.82) is 0 Å². The van der Waals surface area contributed by atoms with Crippen LogP contribution in [-0.4, -0.2) is 19.9 Å². The van der Waals surface area contributed by atoms with Gasteiger partial charge in [-0.05, 0) is 116 Å². The molecule has 0 spiro atoms. The Labute approximate surface area is 373 Å². The minimum atomic E-state index is 0.590. The second-order valence-corrected chi connectivity index (χ2v) is 15.9. The Bertz CT molecular complexity index is 3160. The molecule has 0 bridgehead atoms. The summed E-state index contributed by atoms with van der Waals surface area (Å²) in [6.07, 6.45) is 1.95. The fourth-order valence-corrected chi connectivity index (χ4v) is 8.40. The fourth-order valence-electron chi connectivity index (χ4n) is 8.40. The van der Waals surface area contributed by atoms with E-state index in [1.165, 1.54) is 0 Å². The van der Waals surface area contributed by atoms with Crippen LogP contribution in [0, 0.1) is 0 Å². The molecule has 11 aromatic rings. The summed E-state index contributed by atoms with van der Waals surface area (Å²) >= 11 is 0. The summed E-state index contributed by atoms with van der Waals surface area (Å²) in [5.74, 6) is 1.78. The first-order chi connectivity index (χ1) is 31.7. The lowest BCUT2D eigenvalue weighted by atomic mass is 9.95. The molecule has 0 N–H and O–H groups in total. The standard InChI is InChI=1S/C60H40N4/c1-5-17-41(18-6-1)51-33-52(42-19-7-2-8-20-42)36-55(35-51)59-62-58(63-60(64-59)56-37-53(43-21-9-3-10-22-43)34-54(38-56)44-23-11-4-12-24-44)49-30-16-28-46(32-49)45-27-15-29-48(31-45)57-39-47-25-13-14-26-50(47)40-61-57/h1-40H. The first kappa shape index (κ1) is 38.3. The molecule has 9 aromatic carbocycles. The zero-order valence-corrected chi connectivity index (χ0v) is 34.9. The molecule has 300 valence electrons. The molecule has 0 saturated carbocycles. The van der Waals surface area contributed by atoms with Crippen molar-refractivity contribution in [2.45, 2.75) is 0 Å². The van der Waals surface area contributed by atoms with Crippen LogP contribution < -0.4 is 0 Å². The highest BCUT2D eigenvalue weighted by atomic mass is 15.0. The molecule has 0 aliphatic rings. The van der Waals surface area contributed by atoms with E-state index >= 15 is 0 Å². The molecule has 64 heavy (non-hydrogen) atoms. The normalized spacial score (nSPS) is 11.1. The van der Waals surface area contributed by atoms with Crippen LogP contribution in [0.2, 0.25) is 0 Å². The second kappa shape index (κ2) is 17.0.